The van der Waals surface area contributed by atoms with E-state index >= 15 is 0 Å². The van der Waals surface area contributed by atoms with Gasteiger partial charge >= 0.3 is 0 Å². The van der Waals surface area contributed by atoms with E-state index in [0.29, 0.717) is 0 Å². The number of hydrogen-bond donors (Lipinski definition) is 3. The van der Waals surface area contributed by atoms with E-state index in [0.717, 1.165) is 42.3 Å². The first-order valence-electron chi connectivity index (χ1n) is 9.51. The van der Waals surface area contributed by atoms with Crippen LogP contribution in [-0.2, 0) is 6.54 Å². The summed E-state index contributed by atoms with van der Waals surface area (Å²) in [7, 11) is 0. The summed E-state index contributed by atoms with van der Waals surface area (Å²) in [5, 5.41) is 11.8. The van der Waals surface area contributed by atoms with Crippen molar-refractivity contribution in [2.75, 3.05) is 6.54 Å². The number of halogens is 2. The van der Waals surface area contributed by atoms with Crippen LogP contribution in [0, 0.1) is 40.7 Å². The second kappa shape index (κ2) is 6.57. The fourth-order valence-electron chi connectivity index (χ4n) is 5.66. The Kier molecular flexibility index (Phi) is 4.51. The summed E-state index contributed by atoms with van der Waals surface area (Å²) in [5.41, 5.74) is 1.26. The van der Waals surface area contributed by atoms with Crippen LogP contribution >= 0.6 is 0 Å². The van der Waals surface area contributed by atoms with Crippen molar-refractivity contribution < 1.29 is 18.8 Å². The normalized spacial score (nSPS) is 34.9. The van der Waals surface area contributed by atoms with Crippen LogP contribution in [0.3, 0.4) is 0 Å². The van der Waals surface area contributed by atoms with Crippen LogP contribution in [0.2, 0.25) is 0 Å². The van der Waals surface area contributed by atoms with Crippen molar-refractivity contribution in [3.05, 3.63) is 34.9 Å². The van der Waals surface area contributed by atoms with Gasteiger partial charge in [-0.2, -0.15) is 0 Å². The summed E-state index contributed by atoms with van der Waals surface area (Å²) >= 11 is 0. The molecule has 0 aliphatic heterocycles. The van der Waals surface area contributed by atoms with Gasteiger partial charge in [-0.15, -0.1) is 0 Å². The molecular formula is C20H26F2N2O2. The maximum absolute atomic E-state index is 14.2. The van der Waals surface area contributed by atoms with Gasteiger partial charge in [-0.1, -0.05) is 6.92 Å². The minimum Gasteiger partial charge on any atom is -0.312 e. The Hall–Kier alpha value is -1.53. The van der Waals surface area contributed by atoms with Gasteiger partial charge in [0.1, 0.15) is 11.6 Å². The van der Waals surface area contributed by atoms with Gasteiger partial charge in [-0.25, -0.2) is 14.3 Å². The zero-order valence-corrected chi connectivity index (χ0v) is 15.0. The molecule has 3 saturated carbocycles. The smallest absolute Gasteiger partial charge is 0.274 e. The predicted molar refractivity (Wildman–Crippen MR) is 92.5 cm³/mol. The van der Waals surface area contributed by atoms with Gasteiger partial charge in [0.25, 0.3) is 5.91 Å². The van der Waals surface area contributed by atoms with E-state index in [1.807, 2.05) is 0 Å². The van der Waals surface area contributed by atoms with Gasteiger partial charge in [0.15, 0.2) is 0 Å². The van der Waals surface area contributed by atoms with E-state index in [1.54, 1.807) is 0 Å². The third-order valence-corrected chi connectivity index (χ3v) is 6.75. The summed E-state index contributed by atoms with van der Waals surface area (Å²) in [6.07, 6.45) is 6.55. The Balaban J connectivity index is 1.38. The Morgan fingerprint density at radius 2 is 1.88 bits per heavy atom. The Labute approximate surface area is 152 Å². The van der Waals surface area contributed by atoms with Crippen molar-refractivity contribution in [1.82, 2.24) is 10.8 Å². The van der Waals surface area contributed by atoms with Crippen LogP contribution in [0.15, 0.2) is 12.1 Å². The van der Waals surface area contributed by atoms with Gasteiger partial charge in [-0.3, -0.25) is 10.0 Å². The Bertz CT molecular complexity index is 703. The molecule has 0 aromatic heterocycles. The number of carbonyl (C=O) groups is 1. The highest BCUT2D eigenvalue weighted by atomic mass is 19.1. The lowest BCUT2D eigenvalue weighted by Crippen LogP contribution is -2.41. The zero-order valence-electron chi connectivity index (χ0n) is 15.0. The van der Waals surface area contributed by atoms with Gasteiger partial charge in [0.05, 0.1) is 0 Å². The standard InChI is InChI=1S/C20H26F2N2O2/c1-20(7-11-2-12-4-15(12)14(3-11)8-20)10-23-9-16-17(21)5-13(6-18(16)22)19(25)24-26/h5-6,11-12,14-15,23,26H,2-4,7-10H2,1H3,(H,24,25)/t11-,12?,14?,15?,20?/m1/s1. The molecule has 2 bridgehead atoms. The second-order valence-electron chi connectivity index (χ2n) is 8.94. The topological polar surface area (TPSA) is 61.4 Å². The van der Waals surface area contributed by atoms with E-state index in [2.05, 4.69) is 12.2 Å². The maximum atomic E-state index is 14.2. The molecule has 0 spiro atoms. The van der Waals surface area contributed by atoms with Gasteiger partial charge in [0.2, 0.25) is 0 Å². The largest absolute Gasteiger partial charge is 0.312 e. The number of amides is 1. The summed E-state index contributed by atoms with van der Waals surface area (Å²) in [4.78, 5) is 11.3. The van der Waals surface area contributed by atoms with E-state index < -0.39 is 17.5 Å². The van der Waals surface area contributed by atoms with E-state index in [1.165, 1.54) is 37.6 Å². The first-order valence-corrected chi connectivity index (χ1v) is 9.51. The molecule has 4 rings (SSSR count). The number of hydrogen-bond acceptors (Lipinski definition) is 3. The molecule has 1 aromatic carbocycles. The van der Waals surface area contributed by atoms with Crippen LogP contribution in [-0.4, -0.2) is 17.7 Å². The molecule has 3 aliphatic carbocycles. The van der Waals surface area contributed by atoms with Crippen molar-refractivity contribution in [2.24, 2.45) is 29.1 Å². The number of benzene rings is 1. The van der Waals surface area contributed by atoms with Crippen LogP contribution < -0.4 is 10.8 Å². The maximum Gasteiger partial charge on any atom is 0.274 e. The molecule has 1 amide bonds. The van der Waals surface area contributed by atoms with Crippen LogP contribution in [0.4, 0.5) is 8.78 Å². The molecule has 0 heterocycles. The first kappa shape index (κ1) is 17.9. The lowest BCUT2D eigenvalue weighted by atomic mass is 9.61. The molecule has 0 saturated heterocycles. The van der Waals surface area contributed by atoms with Crippen molar-refractivity contribution in [3.63, 3.8) is 0 Å². The lowest BCUT2D eigenvalue weighted by Gasteiger charge is -2.45. The summed E-state index contributed by atoms with van der Waals surface area (Å²) < 4.78 is 28.3. The monoisotopic (exact) mass is 364 g/mol. The molecule has 1 aromatic rings. The minimum absolute atomic E-state index is 0.0682. The Morgan fingerprint density at radius 1 is 1.19 bits per heavy atom. The molecule has 3 fully saturated rings. The van der Waals surface area contributed by atoms with Crippen molar-refractivity contribution in [1.29, 1.82) is 0 Å². The predicted octanol–water partition coefficient (Wildman–Crippen LogP) is 3.64. The molecule has 3 N–H and O–H groups in total. The van der Waals surface area contributed by atoms with Crippen molar-refractivity contribution in [2.45, 2.75) is 45.6 Å². The lowest BCUT2D eigenvalue weighted by molar-refractivity contribution is 0.0609. The van der Waals surface area contributed by atoms with Gasteiger partial charge < -0.3 is 5.32 Å². The molecule has 6 heteroatoms. The van der Waals surface area contributed by atoms with Gasteiger partial charge in [-0.05, 0) is 73.3 Å². The highest BCUT2D eigenvalue weighted by Gasteiger charge is 2.53. The molecule has 142 valence electrons. The number of hydroxylamine groups is 1. The molecular weight excluding hydrogens is 338 g/mol. The third kappa shape index (κ3) is 3.37. The third-order valence-electron chi connectivity index (χ3n) is 6.75. The van der Waals surface area contributed by atoms with Crippen molar-refractivity contribution >= 4 is 5.91 Å². The van der Waals surface area contributed by atoms with E-state index in [-0.39, 0.29) is 23.1 Å². The quantitative estimate of drug-likeness (QED) is 0.552. The van der Waals surface area contributed by atoms with E-state index in [9.17, 15) is 13.6 Å². The van der Waals surface area contributed by atoms with Crippen LogP contribution in [0.1, 0.15) is 54.9 Å². The number of nitrogens with one attached hydrogen (secondary N) is 2. The molecule has 0 radical (unpaired) electrons. The average molecular weight is 364 g/mol. The number of rotatable bonds is 5. The minimum atomic E-state index is -0.929. The fourth-order valence-corrected chi connectivity index (χ4v) is 5.66. The molecule has 4 nitrogen and oxygen atoms in total. The molecule has 3 aliphatic rings. The highest BCUT2D eigenvalue weighted by Crippen LogP contribution is 2.62. The Morgan fingerprint density at radius 3 is 2.58 bits per heavy atom. The second-order valence-corrected chi connectivity index (χ2v) is 8.94. The summed E-state index contributed by atoms with van der Waals surface area (Å²) in [6.45, 7) is 3.13. The highest BCUT2D eigenvalue weighted by molar-refractivity contribution is 5.93. The van der Waals surface area contributed by atoms with E-state index in [4.69, 9.17) is 5.21 Å². The SMILES string of the molecule is CC1(CNCc2c(F)cc(C(=O)NO)cc2F)CC2C[C@@H](CC3CC32)C1. The number of fused-ring (bicyclic) bond motifs is 4. The summed E-state index contributed by atoms with van der Waals surface area (Å²) in [5.74, 6) is 1.09. The fraction of sp³-hybridized carbons (Fsp3) is 0.650. The van der Waals surface area contributed by atoms with Crippen LogP contribution in [0.5, 0.6) is 0 Å². The zero-order chi connectivity index (χ0) is 18.5. The number of carbonyl (C=O) groups excluding carboxylic acids is 1. The molecule has 4 unspecified atom stereocenters. The van der Waals surface area contributed by atoms with Crippen LogP contribution in [0.25, 0.3) is 0 Å². The summed E-state index contributed by atoms with van der Waals surface area (Å²) in [6, 6.07) is 1.90. The molecule has 26 heavy (non-hydrogen) atoms. The first-order chi connectivity index (χ1) is 12.4. The van der Waals surface area contributed by atoms with Gasteiger partial charge in [0, 0.05) is 24.2 Å². The average Bonchev–Trinajstić information content (AvgIpc) is 3.35. The molecule has 5 atom stereocenters. The van der Waals surface area contributed by atoms with Crippen molar-refractivity contribution in [3.8, 4) is 0 Å².